The van der Waals surface area contributed by atoms with Crippen molar-refractivity contribution in [1.29, 1.82) is 0 Å². The van der Waals surface area contributed by atoms with Crippen molar-refractivity contribution in [3.05, 3.63) is 144 Å². The Balaban J connectivity index is 1.21. The van der Waals surface area contributed by atoms with E-state index in [1.807, 2.05) is 18.3 Å². The van der Waals surface area contributed by atoms with Crippen LogP contribution < -0.4 is 4.74 Å². The second-order valence-corrected chi connectivity index (χ2v) is 12.1. The zero-order valence-electron chi connectivity index (χ0n) is 24.5. The SMILES string of the molecule is C/C(=C\c1cc2ccc3cccnc3c2c2nc3ccccc3n12)c1cccc(-c2cccc3c2O[C@H]2C=CC=C[C@@]32C)c1. The van der Waals surface area contributed by atoms with Gasteiger partial charge in [-0.2, -0.15) is 0 Å². The van der Waals surface area contributed by atoms with Gasteiger partial charge in [0.15, 0.2) is 0 Å². The van der Waals surface area contributed by atoms with E-state index >= 15 is 0 Å². The highest BCUT2D eigenvalue weighted by Gasteiger charge is 2.44. The van der Waals surface area contributed by atoms with Crippen LogP contribution in [-0.4, -0.2) is 20.5 Å². The second kappa shape index (κ2) is 9.26. The van der Waals surface area contributed by atoms with Gasteiger partial charge in [-0.25, -0.2) is 4.98 Å². The van der Waals surface area contributed by atoms with Crippen LogP contribution in [-0.2, 0) is 5.41 Å². The van der Waals surface area contributed by atoms with Crippen LogP contribution in [0.1, 0.15) is 30.7 Å². The lowest BCUT2D eigenvalue weighted by molar-refractivity contribution is 0.228. The largest absolute Gasteiger partial charge is 0.484 e. The molecule has 0 amide bonds. The summed E-state index contributed by atoms with van der Waals surface area (Å²) in [5.74, 6) is 0.983. The summed E-state index contributed by atoms with van der Waals surface area (Å²) < 4.78 is 8.86. The average Bonchev–Trinajstić information content (AvgIpc) is 3.60. The summed E-state index contributed by atoms with van der Waals surface area (Å²) in [4.78, 5) is 9.90. The zero-order valence-corrected chi connectivity index (χ0v) is 24.5. The predicted octanol–water partition coefficient (Wildman–Crippen LogP) is 9.56. The summed E-state index contributed by atoms with van der Waals surface area (Å²) >= 11 is 0. The predicted molar refractivity (Wildman–Crippen MR) is 181 cm³/mol. The summed E-state index contributed by atoms with van der Waals surface area (Å²) in [6.45, 7) is 4.45. The molecule has 1 aliphatic carbocycles. The van der Waals surface area contributed by atoms with Crippen LogP contribution in [0.5, 0.6) is 5.75 Å². The first kappa shape index (κ1) is 25.1. The van der Waals surface area contributed by atoms with Crippen LogP contribution >= 0.6 is 0 Å². The monoisotopic (exact) mass is 567 g/mol. The first-order valence-electron chi connectivity index (χ1n) is 15.1. The number of ether oxygens (including phenoxy) is 1. The molecule has 4 aromatic carbocycles. The van der Waals surface area contributed by atoms with Crippen LogP contribution in [0.3, 0.4) is 0 Å². The fourth-order valence-electron chi connectivity index (χ4n) is 7.10. The zero-order chi connectivity index (χ0) is 29.4. The molecule has 0 N–H and O–H groups in total. The van der Waals surface area contributed by atoms with Gasteiger partial charge in [-0.3, -0.25) is 9.38 Å². The van der Waals surface area contributed by atoms with Crippen molar-refractivity contribution in [3.8, 4) is 16.9 Å². The van der Waals surface area contributed by atoms with Crippen molar-refractivity contribution >= 4 is 50.0 Å². The Kier molecular flexibility index (Phi) is 5.27. The third kappa shape index (κ3) is 3.58. The quantitative estimate of drug-likeness (QED) is 0.200. The van der Waals surface area contributed by atoms with E-state index < -0.39 is 0 Å². The van der Waals surface area contributed by atoms with Crippen molar-refractivity contribution < 1.29 is 4.74 Å². The fourth-order valence-corrected chi connectivity index (χ4v) is 7.10. The summed E-state index contributed by atoms with van der Waals surface area (Å²) in [6, 6.07) is 34.4. The van der Waals surface area contributed by atoms with E-state index in [9.17, 15) is 0 Å². The first-order chi connectivity index (χ1) is 21.6. The van der Waals surface area contributed by atoms with Crippen LogP contribution in [0.25, 0.3) is 61.1 Å². The molecule has 0 fully saturated rings. The molecule has 0 saturated carbocycles. The molecule has 0 saturated heterocycles. The topological polar surface area (TPSA) is 39.4 Å². The molecule has 4 heteroatoms. The Morgan fingerprint density at radius 2 is 1.77 bits per heavy atom. The lowest BCUT2D eigenvalue weighted by Crippen LogP contribution is -2.32. The number of hydrogen-bond donors (Lipinski definition) is 0. The number of hydrogen-bond acceptors (Lipinski definition) is 3. The number of nitrogens with zero attached hydrogens (tertiary/aromatic N) is 3. The Hall–Kier alpha value is -5.48. The van der Waals surface area contributed by atoms with E-state index in [0.29, 0.717) is 0 Å². The third-order valence-corrected chi connectivity index (χ3v) is 9.42. The Bertz CT molecular complexity index is 2410. The molecular formula is C40H29N3O. The normalized spacial score (nSPS) is 19.1. The van der Waals surface area contributed by atoms with Gasteiger partial charge in [0.1, 0.15) is 17.5 Å². The third-order valence-electron chi connectivity index (χ3n) is 9.42. The Labute approximate surface area is 255 Å². The minimum atomic E-state index is -0.149. The molecule has 210 valence electrons. The van der Waals surface area contributed by atoms with E-state index in [0.717, 1.165) is 60.9 Å². The molecule has 1 aliphatic heterocycles. The minimum Gasteiger partial charge on any atom is -0.484 e. The highest BCUT2D eigenvalue weighted by Crippen LogP contribution is 2.50. The molecule has 0 bridgehead atoms. The number of pyridine rings is 2. The van der Waals surface area contributed by atoms with Crippen LogP contribution in [0.15, 0.2) is 128 Å². The summed E-state index contributed by atoms with van der Waals surface area (Å²) in [7, 11) is 0. The molecule has 4 nitrogen and oxygen atoms in total. The molecule has 44 heavy (non-hydrogen) atoms. The van der Waals surface area contributed by atoms with Crippen molar-refractivity contribution in [2.24, 2.45) is 0 Å². The fraction of sp³-hybridized carbons (Fsp3) is 0.100. The number of rotatable bonds is 3. The van der Waals surface area contributed by atoms with Crippen molar-refractivity contribution in [2.75, 3.05) is 0 Å². The average molecular weight is 568 g/mol. The summed E-state index contributed by atoms with van der Waals surface area (Å²) in [5.41, 5.74) is 10.7. The summed E-state index contributed by atoms with van der Waals surface area (Å²) in [6.07, 6.45) is 12.8. The summed E-state index contributed by atoms with van der Waals surface area (Å²) in [5, 5.41) is 3.32. The molecule has 9 rings (SSSR count). The smallest absolute Gasteiger partial charge is 0.148 e. The van der Waals surface area contributed by atoms with Crippen LogP contribution in [0.2, 0.25) is 0 Å². The lowest BCUT2D eigenvalue weighted by Gasteiger charge is -2.26. The molecule has 0 unspecified atom stereocenters. The molecular weight excluding hydrogens is 538 g/mol. The Morgan fingerprint density at radius 1 is 0.886 bits per heavy atom. The molecule has 0 radical (unpaired) electrons. The van der Waals surface area contributed by atoms with Gasteiger partial charge in [0.25, 0.3) is 0 Å². The van der Waals surface area contributed by atoms with Crippen molar-refractivity contribution in [2.45, 2.75) is 25.4 Å². The lowest BCUT2D eigenvalue weighted by atomic mass is 9.76. The van der Waals surface area contributed by atoms with E-state index in [1.165, 1.54) is 16.7 Å². The van der Waals surface area contributed by atoms with Gasteiger partial charge >= 0.3 is 0 Å². The van der Waals surface area contributed by atoms with Gasteiger partial charge in [-0.1, -0.05) is 85.0 Å². The number of imidazole rings is 1. The van der Waals surface area contributed by atoms with Crippen LogP contribution in [0.4, 0.5) is 0 Å². The van der Waals surface area contributed by atoms with Gasteiger partial charge in [0.2, 0.25) is 0 Å². The molecule has 7 aromatic rings. The van der Waals surface area contributed by atoms with Gasteiger partial charge in [0, 0.05) is 28.4 Å². The van der Waals surface area contributed by atoms with Crippen LogP contribution in [0, 0.1) is 0 Å². The maximum Gasteiger partial charge on any atom is 0.148 e. The van der Waals surface area contributed by atoms with Gasteiger partial charge in [-0.15, -0.1) is 0 Å². The molecule has 2 atom stereocenters. The first-order valence-corrected chi connectivity index (χ1v) is 15.1. The maximum atomic E-state index is 6.58. The molecule has 3 aromatic heterocycles. The number of fused-ring (bicyclic) bond motifs is 10. The number of aromatic nitrogens is 3. The minimum absolute atomic E-state index is 0.0149. The number of para-hydroxylation sites is 3. The number of allylic oxidation sites excluding steroid dienone is 3. The number of benzene rings is 4. The van der Waals surface area contributed by atoms with Crippen molar-refractivity contribution in [3.63, 3.8) is 0 Å². The van der Waals surface area contributed by atoms with Gasteiger partial charge < -0.3 is 4.74 Å². The van der Waals surface area contributed by atoms with E-state index in [1.54, 1.807) is 0 Å². The van der Waals surface area contributed by atoms with Gasteiger partial charge in [-0.05, 0) is 78.4 Å². The van der Waals surface area contributed by atoms with E-state index in [2.05, 4.69) is 134 Å². The molecule has 4 heterocycles. The van der Waals surface area contributed by atoms with Gasteiger partial charge in [0.05, 0.1) is 27.4 Å². The maximum absolute atomic E-state index is 6.58. The highest BCUT2D eigenvalue weighted by molar-refractivity contribution is 6.14. The standard InChI is InChI=1S/C40H29N3O/c1-25(27-10-7-11-28(23-27)31-13-8-14-32-38(31)44-35-17-5-6-20-40(32,35)2)22-30-24-29-19-18-26-12-9-21-41-37(26)36(29)39-42-33-15-3-4-16-34(33)43(30)39/h3-24,35H,1-2H3/b25-22+/t35-,40-/m0/s1. The molecule has 0 spiro atoms. The van der Waals surface area contributed by atoms with Crippen molar-refractivity contribution in [1.82, 2.24) is 14.4 Å². The van der Waals surface area contributed by atoms with E-state index in [4.69, 9.17) is 14.7 Å². The van der Waals surface area contributed by atoms with E-state index in [-0.39, 0.29) is 11.5 Å². The Morgan fingerprint density at radius 3 is 2.73 bits per heavy atom. The molecule has 2 aliphatic rings. The second-order valence-electron chi connectivity index (χ2n) is 12.1. The highest BCUT2D eigenvalue weighted by atomic mass is 16.5.